The number of ketones is 1. The fourth-order valence-corrected chi connectivity index (χ4v) is 6.76. The SMILES string of the molecule is CCCCCCCCCOCC(=O)CCCCCCCN(C)CCCCCCCC(=O)OC(CCCCCCCC)CCCCCCCC. The summed E-state index contributed by atoms with van der Waals surface area (Å²) in [6.45, 7) is 10.2. The number of nitrogens with zero attached hydrogens (tertiary/aromatic N) is 1. The Morgan fingerprint density at radius 3 is 1.35 bits per heavy atom. The molecular weight excluding hydrogens is 606 g/mol. The van der Waals surface area contributed by atoms with Crippen molar-refractivity contribution in [3.05, 3.63) is 0 Å². The van der Waals surface area contributed by atoms with Crippen LogP contribution in [0.25, 0.3) is 0 Å². The Labute approximate surface area is 307 Å². The maximum atomic E-state index is 12.6. The molecule has 0 atom stereocenters. The van der Waals surface area contributed by atoms with Crippen LogP contribution in [0.3, 0.4) is 0 Å². The molecular formula is C44H87NO4. The minimum absolute atomic E-state index is 0.0383. The lowest BCUT2D eigenvalue weighted by atomic mass is 10.0. The molecule has 5 heteroatoms. The van der Waals surface area contributed by atoms with Gasteiger partial charge in [-0.1, -0.05) is 162 Å². The number of hydrogen-bond acceptors (Lipinski definition) is 5. The molecule has 0 rings (SSSR count). The maximum Gasteiger partial charge on any atom is 0.306 e. The Hall–Kier alpha value is -0.940. The molecule has 0 fully saturated rings. The number of carbonyl (C=O) groups is 2. The van der Waals surface area contributed by atoms with Crippen molar-refractivity contribution in [2.45, 2.75) is 239 Å². The molecule has 0 N–H and O–H groups in total. The number of rotatable bonds is 41. The highest BCUT2D eigenvalue weighted by Crippen LogP contribution is 2.18. The number of carbonyl (C=O) groups excluding carboxylic acids is 2. The summed E-state index contributed by atoms with van der Waals surface area (Å²) in [6.07, 6.45) is 39.7. The molecule has 0 aromatic heterocycles. The lowest BCUT2D eigenvalue weighted by Gasteiger charge is -2.18. The van der Waals surface area contributed by atoms with E-state index in [9.17, 15) is 9.59 Å². The van der Waals surface area contributed by atoms with E-state index in [1.54, 1.807) is 0 Å². The fraction of sp³-hybridized carbons (Fsp3) is 0.955. The number of unbranched alkanes of at least 4 members (excludes halogenated alkanes) is 24. The van der Waals surface area contributed by atoms with Gasteiger partial charge in [-0.2, -0.15) is 0 Å². The third kappa shape index (κ3) is 38.1. The van der Waals surface area contributed by atoms with Gasteiger partial charge in [0.25, 0.3) is 0 Å². The summed E-state index contributed by atoms with van der Waals surface area (Å²) in [7, 11) is 2.24. The summed E-state index contributed by atoms with van der Waals surface area (Å²) < 4.78 is 11.6. The zero-order valence-corrected chi connectivity index (χ0v) is 33.8. The molecule has 0 aromatic carbocycles. The summed E-state index contributed by atoms with van der Waals surface area (Å²) in [6, 6.07) is 0. The minimum Gasteiger partial charge on any atom is -0.462 e. The molecule has 49 heavy (non-hydrogen) atoms. The van der Waals surface area contributed by atoms with Crippen molar-refractivity contribution in [2.75, 3.05) is 33.4 Å². The van der Waals surface area contributed by atoms with Crippen LogP contribution in [0, 0.1) is 0 Å². The van der Waals surface area contributed by atoms with Crippen LogP contribution in [-0.4, -0.2) is 56.1 Å². The van der Waals surface area contributed by atoms with E-state index in [4.69, 9.17) is 9.47 Å². The zero-order chi connectivity index (χ0) is 35.9. The largest absolute Gasteiger partial charge is 0.462 e. The van der Waals surface area contributed by atoms with Crippen molar-refractivity contribution < 1.29 is 19.1 Å². The molecule has 5 nitrogen and oxygen atoms in total. The molecule has 0 unspecified atom stereocenters. The molecule has 0 saturated heterocycles. The number of Topliss-reactive ketones (excluding diaryl/α,β-unsaturated/α-hetero) is 1. The third-order valence-electron chi connectivity index (χ3n) is 10.1. The van der Waals surface area contributed by atoms with Gasteiger partial charge in [0.15, 0.2) is 5.78 Å². The minimum atomic E-state index is 0.0383. The van der Waals surface area contributed by atoms with E-state index in [0.717, 1.165) is 64.6 Å². The zero-order valence-electron chi connectivity index (χ0n) is 33.8. The lowest BCUT2D eigenvalue weighted by molar-refractivity contribution is -0.150. The van der Waals surface area contributed by atoms with Crippen LogP contribution in [0.15, 0.2) is 0 Å². The highest BCUT2D eigenvalue weighted by atomic mass is 16.5. The van der Waals surface area contributed by atoms with Gasteiger partial charge in [-0.3, -0.25) is 9.59 Å². The topological polar surface area (TPSA) is 55.8 Å². The maximum absolute atomic E-state index is 12.6. The Kier molecular flexibility index (Phi) is 39.1. The molecule has 0 saturated carbocycles. The normalized spacial score (nSPS) is 11.6. The van der Waals surface area contributed by atoms with Crippen LogP contribution in [0.1, 0.15) is 233 Å². The summed E-state index contributed by atoms with van der Waals surface area (Å²) in [4.78, 5) is 27.2. The molecule has 0 aliphatic carbocycles. The second-order valence-electron chi connectivity index (χ2n) is 15.3. The third-order valence-corrected chi connectivity index (χ3v) is 10.1. The first-order valence-corrected chi connectivity index (χ1v) is 22.0. The molecule has 0 aromatic rings. The molecule has 0 aliphatic heterocycles. The summed E-state index contributed by atoms with van der Waals surface area (Å²) in [5.74, 6) is 0.310. The van der Waals surface area contributed by atoms with Crippen molar-refractivity contribution in [2.24, 2.45) is 0 Å². The Bertz CT molecular complexity index is 668. The summed E-state index contributed by atoms with van der Waals surface area (Å²) in [5, 5.41) is 0. The van der Waals surface area contributed by atoms with Gasteiger partial charge in [-0.25, -0.2) is 0 Å². The number of hydrogen-bond donors (Lipinski definition) is 0. The van der Waals surface area contributed by atoms with Gasteiger partial charge < -0.3 is 14.4 Å². The molecule has 0 spiro atoms. The van der Waals surface area contributed by atoms with E-state index >= 15 is 0 Å². The van der Waals surface area contributed by atoms with Crippen molar-refractivity contribution in [3.63, 3.8) is 0 Å². The van der Waals surface area contributed by atoms with Crippen LogP contribution in [-0.2, 0) is 19.1 Å². The molecule has 0 amide bonds. The summed E-state index contributed by atoms with van der Waals surface area (Å²) >= 11 is 0. The van der Waals surface area contributed by atoms with Crippen LogP contribution in [0.4, 0.5) is 0 Å². The van der Waals surface area contributed by atoms with E-state index in [1.807, 2.05) is 0 Å². The lowest BCUT2D eigenvalue weighted by Crippen LogP contribution is -2.20. The van der Waals surface area contributed by atoms with E-state index in [-0.39, 0.29) is 17.9 Å². The number of esters is 1. The van der Waals surface area contributed by atoms with Gasteiger partial charge in [-0.05, 0) is 77.9 Å². The van der Waals surface area contributed by atoms with Crippen molar-refractivity contribution in [1.29, 1.82) is 0 Å². The molecule has 0 radical (unpaired) electrons. The van der Waals surface area contributed by atoms with Gasteiger partial charge in [-0.15, -0.1) is 0 Å². The van der Waals surface area contributed by atoms with Gasteiger partial charge >= 0.3 is 5.97 Å². The van der Waals surface area contributed by atoms with Gasteiger partial charge in [0.05, 0.1) is 0 Å². The first-order chi connectivity index (χ1) is 24.0. The second kappa shape index (κ2) is 39.8. The average Bonchev–Trinajstić information content (AvgIpc) is 3.09. The molecule has 0 heterocycles. The Balaban J connectivity index is 3.73. The van der Waals surface area contributed by atoms with Gasteiger partial charge in [0.1, 0.15) is 12.7 Å². The smallest absolute Gasteiger partial charge is 0.306 e. The standard InChI is InChI=1S/C44H87NO4/c1-5-8-11-14-17-26-33-40-48-41-42(46)34-27-20-18-24-31-38-45(4)39-32-25-19-23-30-37-44(47)49-43(35-28-21-15-12-9-6-2)36-29-22-16-13-10-7-3/h43H,5-41H2,1-4H3. The average molecular weight is 694 g/mol. The van der Waals surface area contributed by atoms with E-state index < -0.39 is 0 Å². The van der Waals surface area contributed by atoms with Crippen molar-refractivity contribution in [3.8, 4) is 0 Å². The molecule has 292 valence electrons. The van der Waals surface area contributed by atoms with E-state index in [0.29, 0.717) is 19.4 Å². The number of ether oxygens (including phenoxy) is 2. The monoisotopic (exact) mass is 694 g/mol. The van der Waals surface area contributed by atoms with Crippen LogP contribution < -0.4 is 0 Å². The molecule has 0 aliphatic rings. The highest BCUT2D eigenvalue weighted by molar-refractivity contribution is 5.79. The predicted molar refractivity (Wildman–Crippen MR) is 213 cm³/mol. The van der Waals surface area contributed by atoms with Crippen molar-refractivity contribution in [1.82, 2.24) is 4.90 Å². The Morgan fingerprint density at radius 1 is 0.469 bits per heavy atom. The first-order valence-electron chi connectivity index (χ1n) is 22.0. The molecule has 0 bridgehead atoms. The van der Waals surface area contributed by atoms with E-state index in [1.165, 1.54) is 154 Å². The summed E-state index contributed by atoms with van der Waals surface area (Å²) in [5.41, 5.74) is 0. The van der Waals surface area contributed by atoms with Crippen LogP contribution >= 0.6 is 0 Å². The van der Waals surface area contributed by atoms with E-state index in [2.05, 4.69) is 32.7 Å². The van der Waals surface area contributed by atoms with Gasteiger partial charge in [0.2, 0.25) is 0 Å². The highest BCUT2D eigenvalue weighted by Gasteiger charge is 2.14. The Morgan fingerprint density at radius 2 is 0.857 bits per heavy atom. The van der Waals surface area contributed by atoms with Crippen LogP contribution in [0.5, 0.6) is 0 Å². The first kappa shape index (κ1) is 48.1. The van der Waals surface area contributed by atoms with Gasteiger partial charge in [0, 0.05) is 19.4 Å². The predicted octanol–water partition coefficient (Wildman–Crippen LogP) is 13.3. The fourth-order valence-electron chi connectivity index (χ4n) is 6.76. The van der Waals surface area contributed by atoms with Crippen molar-refractivity contribution >= 4 is 11.8 Å². The van der Waals surface area contributed by atoms with Crippen LogP contribution in [0.2, 0.25) is 0 Å². The second-order valence-corrected chi connectivity index (χ2v) is 15.3. The quantitative estimate of drug-likeness (QED) is 0.0471.